The molecular weight excluding hydrogens is 268 g/mol. The van der Waals surface area contributed by atoms with Crippen LogP contribution in [0.15, 0.2) is 38.1 Å². The van der Waals surface area contributed by atoms with Crippen molar-refractivity contribution in [2.75, 3.05) is 0 Å². The van der Waals surface area contributed by atoms with Crippen LogP contribution in [0.1, 0.15) is 17.3 Å². The monoisotopic (exact) mass is 278 g/mol. The molecule has 0 atom stereocenters. The van der Waals surface area contributed by atoms with Crippen LogP contribution in [0.25, 0.3) is 0 Å². The van der Waals surface area contributed by atoms with Gasteiger partial charge in [0.05, 0.1) is 0 Å². The lowest BCUT2D eigenvalue weighted by Gasteiger charge is -2.05. The van der Waals surface area contributed by atoms with Gasteiger partial charge in [0, 0.05) is 18.8 Å². The summed E-state index contributed by atoms with van der Waals surface area (Å²) in [6.45, 7) is 1.46. The number of hydrogen-bond acceptors (Lipinski definition) is 6. The number of carbonyl (C=O) groups excluding carboxylic acids is 1. The van der Waals surface area contributed by atoms with Gasteiger partial charge in [-0.15, -0.1) is 0 Å². The summed E-state index contributed by atoms with van der Waals surface area (Å²) >= 11 is 1.09. The molecule has 0 saturated heterocycles. The van der Waals surface area contributed by atoms with Crippen molar-refractivity contribution in [3.63, 3.8) is 0 Å². The summed E-state index contributed by atoms with van der Waals surface area (Å²) in [5.41, 5.74) is -1.12. The standard InChI is InChI=1S/C11H10N4O3S/c1-6(16)7-3-4-12-8(5-7)19-11-13-9(17)10(18)14-15(11)2/h3-5H,1-2H3,(H,14,18). The molecule has 0 radical (unpaired) electrons. The summed E-state index contributed by atoms with van der Waals surface area (Å²) in [6, 6.07) is 3.20. The number of aromatic nitrogens is 4. The van der Waals surface area contributed by atoms with Gasteiger partial charge in [-0.3, -0.25) is 24.2 Å². The van der Waals surface area contributed by atoms with E-state index in [0.29, 0.717) is 10.6 Å². The van der Waals surface area contributed by atoms with E-state index < -0.39 is 11.1 Å². The van der Waals surface area contributed by atoms with Gasteiger partial charge in [-0.05, 0) is 30.8 Å². The van der Waals surface area contributed by atoms with Crippen LogP contribution < -0.4 is 11.1 Å². The molecule has 0 saturated carbocycles. The number of hydrogen-bond donors (Lipinski definition) is 1. The van der Waals surface area contributed by atoms with Gasteiger partial charge < -0.3 is 0 Å². The largest absolute Gasteiger partial charge is 0.339 e. The summed E-state index contributed by atoms with van der Waals surface area (Å²) in [7, 11) is 1.56. The van der Waals surface area contributed by atoms with Crippen LogP contribution in [0, 0.1) is 0 Å². The molecule has 0 amide bonds. The number of pyridine rings is 1. The molecule has 0 aliphatic carbocycles. The Kier molecular flexibility index (Phi) is 3.61. The molecule has 2 aromatic rings. The number of aromatic amines is 1. The van der Waals surface area contributed by atoms with Gasteiger partial charge in [0.15, 0.2) is 10.9 Å². The predicted molar refractivity (Wildman–Crippen MR) is 68.5 cm³/mol. The van der Waals surface area contributed by atoms with E-state index in [2.05, 4.69) is 15.1 Å². The summed E-state index contributed by atoms with van der Waals surface area (Å²) in [5, 5.41) is 3.14. The quantitative estimate of drug-likeness (QED) is 0.637. The third-order valence-electron chi connectivity index (χ3n) is 2.28. The maximum absolute atomic E-state index is 11.3. The lowest BCUT2D eigenvalue weighted by atomic mass is 10.2. The zero-order valence-electron chi connectivity index (χ0n) is 10.2. The molecular formula is C11H10N4O3S. The van der Waals surface area contributed by atoms with Crippen molar-refractivity contribution in [2.24, 2.45) is 7.05 Å². The number of H-pyrrole nitrogens is 1. The number of carbonyl (C=O) groups is 1. The lowest BCUT2D eigenvalue weighted by Crippen LogP contribution is -2.33. The minimum Gasteiger partial charge on any atom is -0.295 e. The van der Waals surface area contributed by atoms with Gasteiger partial charge in [0.2, 0.25) is 0 Å². The van der Waals surface area contributed by atoms with Gasteiger partial charge in [-0.25, -0.2) is 4.98 Å². The molecule has 0 aliphatic rings. The number of Topliss-reactive ketones (excluding diaryl/α,β-unsaturated/α-hetero) is 1. The molecule has 0 fully saturated rings. The number of nitrogens with one attached hydrogen (secondary N) is 1. The molecule has 19 heavy (non-hydrogen) atoms. The lowest BCUT2D eigenvalue weighted by molar-refractivity contribution is 0.101. The van der Waals surface area contributed by atoms with Crippen LogP contribution in [-0.2, 0) is 7.05 Å². The second-order valence-electron chi connectivity index (χ2n) is 3.74. The Labute approximate surface area is 111 Å². The van der Waals surface area contributed by atoms with Crippen LogP contribution in [-0.4, -0.2) is 25.5 Å². The summed E-state index contributed by atoms with van der Waals surface area (Å²) in [5.74, 6) is -0.0763. The fraction of sp³-hybridized carbons (Fsp3) is 0.182. The second-order valence-corrected chi connectivity index (χ2v) is 4.73. The molecule has 0 bridgehead atoms. The molecule has 2 rings (SSSR count). The maximum Gasteiger partial charge on any atom is 0.339 e. The van der Waals surface area contributed by atoms with Crippen LogP contribution in [0.5, 0.6) is 0 Å². The second kappa shape index (κ2) is 5.19. The van der Waals surface area contributed by atoms with Crippen LogP contribution in [0.3, 0.4) is 0 Å². The smallest absolute Gasteiger partial charge is 0.295 e. The van der Waals surface area contributed by atoms with E-state index in [1.54, 1.807) is 19.2 Å². The minimum atomic E-state index is -0.858. The fourth-order valence-corrected chi connectivity index (χ4v) is 2.13. The highest BCUT2D eigenvalue weighted by Crippen LogP contribution is 2.22. The van der Waals surface area contributed by atoms with Crippen molar-refractivity contribution in [3.05, 3.63) is 44.6 Å². The fourth-order valence-electron chi connectivity index (χ4n) is 1.33. The first kappa shape index (κ1) is 13.2. The van der Waals surface area contributed by atoms with Crippen molar-refractivity contribution >= 4 is 17.5 Å². The topological polar surface area (TPSA) is 97.7 Å². The highest BCUT2D eigenvalue weighted by atomic mass is 32.2. The van der Waals surface area contributed by atoms with Gasteiger partial charge in [-0.2, -0.15) is 4.98 Å². The zero-order valence-corrected chi connectivity index (χ0v) is 11.0. The molecule has 8 heteroatoms. The number of ketones is 1. The Morgan fingerprint density at radius 3 is 2.84 bits per heavy atom. The van der Waals surface area contributed by atoms with Crippen LogP contribution in [0.2, 0.25) is 0 Å². The molecule has 2 aromatic heterocycles. The Bertz CT molecular complexity index is 750. The predicted octanol–water partition coefficient (Wildman–Crippen LogP) is 0.217. The average molecular weight is 278 g/mol. The molecule has 2 heterocycles. The van der Waals surface area contributed by atoms with Crippen molar-refractivity contribution in [2.45, 2.75) is 17.1 Å². The first-order valence-corrected chi connectivity index (χ1v) is 6.11. The van der Waals surface area contributed by atoms with E-state index >= 15 is 0 Å². The SMILES string of the molecule is CC(=O)c1ccnc(Sc2nc(=O)c(=O)[nH]n2C)c1. The van der Waals surface area contributed by atoms with E-state index in [1.807, 2.05) is 0 Å². The van der Waals surface area contributed by atoms with E-state index in [0.717, 1.165) is 11.8 Å². The van der Waals surface area contributed by atoms with Gasteiger partial charge in [0.1, 0.15) is 5.03 Å². The Balaban J connectivity index is 2.39. The summed E-state index contributed by atoms with van der Waals surface area (Å²) < 4.78 is 1.33. The zero-order chi connectivity index (χ0) is 14.0. The van der Waals surface area contributed by atoms with E-state index in [-0.39, 0.29) is 10.9 Å². The number of aryl methyl sites for hydroxylation is 1. The highest BCUT2D eigenvalue weighted by Gasteiger charge is 2.08. The van der Waals surface area contributed by atoms with Crippen molar-refractivity contribution in [3.8, 4) is 0 Å². The van der Waals surface area contributed by atoms with E-state index in [9.17, 15) is 14.4 Å². The Morgan fingerprint density at radius 2 is 2.16 bits per heavy atom. The Morgan fingerprint density at radius 1 is 1.42 bits per heavy atom. The summed E-state index contributed by atoms with van der Waals surface area (Å²) in [4.78, 5) is 41.2. The maximum atomic E-state index is 11.3. The molecule has 0 spiro atoms. The summed E-state index contributed by atoms with van der Waals surface area (Å²) in [6.07, 6.45) is 1.50. The number of nitrogens with zero attached hydrogens (tertiary/aromatic N) is 3. The molecule has 98 valence electrons. The van der Waals surface area contributed by atoms with Gasteiger partial charge >= 0.3 is 11.1 Å². The first-order valence-electron chi connectivity index (χ1n) is 5.29. The third-order valence-corrected chi connectivity index (χ3v) is 3.26. The molecule has 0 unspecified atom stereocenters. The van der Waals surface area contributed by atoms with E-state index in [4.69, 9.17) is 0 Å². The molecule has 0 aliphatic heterocycles. The Hall–Kier alpha value is -2.22. The molecule has 1 N–H and O–H groups in total. The normalized spacial score (nSPS) is 10.4. The van der Waals surface area contributed by atoms with Gasteiger partial charge in [0.25, 0.3) is 0 Å². The van der Waals surface area contributed by atoms with Crippen molar-refractivity contribution in [1.29, 1.82) is 0 Å². The minimum absolute atomic E-state index is 0.0763. The average Bonchev–Trinajstić information content (AvgIpc) is 2.36. The first-order chi connectivity index (χ1) is 8.97. The van der Waals surface area contributed by atoms with Crippen LogP contribution >= 0.6 is 11.8 Å². The molecule has 7 nitrogen and oxygen atoms in total. The van der Waals surface area contributed by atoms with Gasteiger partial charge in [-0.1, -0.05) is 0 Å². The number of rotatable bonds is 3. The van der Waals surface area contributed by atoms with Crippen molar-refractivity contribution in [1.82, 2.24) is 19.7 Å². The van der Waals surface area contributed by atoms with Crippen molar-refractivity contribution < 1.29 is 4.79 Å². The third kappa shape index (κ3) is 2.97. The molecule has 0 aromatic carbocycles. The van der Waals surface area contributed by atoms with E-state index in [1.165, 1.54) is 17.8 Å². The van der Waals surface area contributed by atoms with Crippen LogP contribution in [0.4, 0.5) is 0 Å². The highest BCUT2D eigenvalue weighted by molar-refractivity contribution is 7.99.